The minimum Gasteiger partial charge on any atom is -0.0616 e. The van der Waals surface area contributed by atoms with Crippen molar-refractivity contribution in [3.63, 3.8) is 0 Å². The Bertz CT molecular complexity index is 822. The van der Waals surface area contributed by atoms with Crippen LogP contribution in [-0.2, 0) is 0 Å². The van der Waals surface area contributed by atoms with Crippen molar-refractivity contribution in [1.29, 1.82) is 0 Å². The van der Waals surface area contributed by atoms with Crippen LogP contribution < -0.4 is 0 Å². The van der Waals surface area contributed by atoms with Gasteiger partial charge in [-0.15, -0.1) is 0 Å². The lowest BCUT2D eigenvalue weighted by Crippen LogP contribution is -1.86. The van der Waals surface area contributed by atoms with Gasteiger partial charge in [0, 0.05) is 0 Å². The number of benzene rings is 3. The third-order valence-corrected chi connectivity index (χ3v) is 4.09. The van der Waals surface area contributed by atoms with E-state index in [4.69, 9.17) is 0 Å². The van der Waals surface area contributed by atoms with Gasteiger partial charge >= 0.3 is 0 Å². The van der Waals surface area contributed by atoms with Crippen molar-refractivity contribution >= 4 is 22.4 Å². The fraction of sp³-hybridized carbons (Fsp3) is 0.143. The summed E-state index contributed by atoms with van der Waals surface area (Å²) in [4.78, 5) is 0. The standard InChI is InChI=1S/C21H20/c1-15-7-6-9-19(13-15)16(2)14-20-12-11-18-8-4-5-10-21(18)17(20)3/h4-14H,1-3H3/b16-14+. The molecule has 3 rings (SSSR count). The van der Waals surface area contributed by atoms with Gasteiger partial charge in [-0.25, -0.2) is 0 Å². The van der Waals surface area contributed by atoms with Crippen molar-refractivity contribution in [3.8, 4) is 0 Å². The average Bonchev–Trinajstić information content (AvgIpc) is 2.50. The van der Waals surface area contributed by atoms with E-state index in [2.05, 4.69) is 87.5 Å². The van der Waals surface area contributed by atoms with E-state index in [1.165, 1.54) is 38.6 Å². The van der Waals surface area contributed by atoms with E-state index in [-0.39, 0.29) is 0 Å². The summed E-state index contributed by atoms with van der Waals surface area (Å²) in [5, 5.41) is 2.64. The van der Waals surface area contributed by atoms with Gasteiger partial charge < -0.3 is 0 Å². The van der Waals surface area contributed by atoms with E-state index in [0.29, 0.717) is 0 Å². The molecular formula is C21H20. The summed E-state index contributed by atoms with van der Waals surface area (Å²) in [6.07, 6.45) is 2.29. The molecule has 0 unspecified atom stereocenters. The average molecular weight is 272 g/mol. The van der Waals surface area contributed by atoms with E-state index in [1.807, 2.05) is 0 Å². The van der Waals surface area contributed by atoms with Crippen LogP contribution in [0.5, 0.6) is 0 Å². The summed E-state index contributed by atoms with van der Waals surface area (Å²) in [7, 11) is 0. The molecule has 0 N–H and O–H groups in total. The molecule has 3 aromatic carbocycles. The van der Waals surface area contributed by atoms with Gasteiger partial charge in [-0.1, -0.05) is 72.3 Å². The highest BCUT2D eigenvalue weighted by atomic mass is 14.1. The Morgan fingerprint density at radius 1 is 0.857 bits per heavy atom. The van der Waals surface area contributed by atoms with E-state index in [0.717, 1.165) is 0 Å². The van der Waals surface area contributed by atoms with Gasteiger partial charge in [0.2, 0.25) is 0 Å². The highest BCUT2D eigenvalue weighted by molar-refractivity contribution is 5.91. The summed E-state index contributed by atoms with van der Waals surface area (Å²) in [5.74, 6) is 0. The Balaban J connectivity index is 2.08. The molecule has 0 aromatic heterocycles. The van der Waals surface area contributed by atoms with Crippen LogP contribution in [0.25, 0.3) is 22.4 Å². The first-order valence-corrected chi connectivity index (χ1v) is 7.39. The van der Waals surface area contributed by atoms with Crippen molar-refractivity contribution in [2.24, 2.45) is 0 Å². The zero-order valence-corrected chi connectivity index (χ0v) is 12.9. The van der Waals surface area contributed by atoms with Crippen LogP contribution in [-0.4, -0.2) is 0 Å². The quantitative estimate of drug-likeness (QED) is 0.501. The third-order valence-electron chi connectivity index (χ3n) is 4.09. The van der Waals surface area contributed by atoms with Gasteiger partial charge in [-0.05, 0) is 53.8 Å². The maximum atomic E-state index is 2.29. The van der Waals surface area contributed by atoms with E-state index in [1.54, 1.807) is 0 Å². The highest BCUT2D eigenvalue weighted by Gasteiger charge is 2.03. The van der Waals surface area contributed by atoms with Gasteiger partial charge in [0.15, 0.2) is 0 Å². The third kappa shape index (κ3) is 2.75. The monoisotopic (exact) mass is 272 g/mol. The molecule has 0 heterocycles. The summed E-state index contributed by atoms with van der Waals surface area (Å²) in [6.45, 7) is 6.53. The number of fused-ring (bicyclic) bond motifs is 1. The number of aryl methyl sites for hydroxylation is 2. The van der Waals surface area contributed by atoms with Gasteiger partial charge in [0.25, 0.3) is 0 Å². The van der Waals surface area contributed by atoms with Gasteiger partial charge in [0.05, 0.1) is 0 Å². The molecular weight excluding hydrogens is 252 g/mol. The number of rotatable bonds is 2. The lowest BCUT2D eigenvalue weighted by molar-refractivity contribution is 1.44. The van der Waals surface area contributed by atoms with Crippen LogP contribution in [0.2, 0.25) is 0 Å². The van der Waals surface area contributed by atoms with E-state index < -0.39 is 0 Å². The normalized spacial score (nSPS) is 11.9. The van der Waals surface area contributed by atoms with E-state index in [9.17, 15) is 0 Å². The molecule has 0 aliphatic carbocycles. The van der Waals surface area contributed by atoms with Crippen LogP contribution in [0.4, 0.5) is 0 Å². The smallest absolute Gasteiger partial charge is 0.0149 e. The van der Waals surface area contributed by atoms with Crippen molar-refractivity contribution in [3.05, 3.63) is 82.9 Å². The topological polar surface area (TPSA) is 0 Å². The summed E-state index contributed by atoms with van der Waals surface area (Å²) < 4.78 is 0. The first-order chi connectivity index (χ1) is 10.1. The number of allylic oxidation sites excluding steroid dienone is 1. The molecule has 0 heteroatoms. The fourth-order valence-corrected chi connectivity index (χ4v) is 2.81. The molecule has 3 aromatic rings. The first kappa shape index (κ1) is 13.6. The van der Waals surface area contributed by atoms with Crippen molar-refractivity contribution < 1.29 is 0 Å². The second kappa shape index (κ2) is 5.57. The largest absolute Gasteiger partial charge is 0.0616 e. The fourth-order valence-electron chi connectivity index (χ4n) is 2.81. The summed E-state index contributed by atoms with van der Waals surface area (Å²) >= 11 is 0. The van der Waals surface area contributed by atoms with Crippen molar-refractivity contribution in [2.45, 2.75) is 20.8 Å². The molecule has 0 spiro atoms. The Labute approximate surface area is 126 Å². The maximum absolute atomic E-state index is 2.29. The zero-order valence-electron chi connectivity index (χ0n) is 12.9. The lowest BCUT2D eigenvalue weighted by Gasteiger charge is -2.08. The SMILES string of the molecule is C/C(=C\c1ccc2ccccc2c1C)c1cccc(C)c1. The van der Waals surface area contributed by atoms with Crippen LogP contribution in [0.15, 0.2) is 60.7 Å². The zero-order chi connectivity index (χ0) is 14.8. The van der Waals surface area contributed by atoms with Crippen molar-refractivity contribution in [1.82, 2.24) is 0 Å². The molecule has 0 aliphatic heterocycles. The minimum absolute atomic E-state index is 1.29. The molecule has 0 radical (unpaired) electrons. The van der Waals surface area contributed by atoms with Crippen LogP contribution in [0, 0.1) is 13.8 Å². The van der Waals surface area contributed by atoms with E-state index >= 15 is 0 Å². The van der Waals surface area contributed by atoms with Crippen molar-refractivity contribution in [2.75, 3.05) is 0 Å². The predicted octanol–water partition coefficient (Wildman–Crippen LogP) is 6.02. The van der Waals surface area contributed by atoms with Gasteiger partial charge in [-0.2, -0.15) is 0 Å². The predicted molar refractivity (Wildman–Crippen MR) is 93.4 cm³/mol. The van der Waals surface area contributed by atoms with Gasteiger partial charge in [-0.3, -0.25) is 0 Å². The molecule has 0 saturated carbocycles. The summed E-state index contributed by atoms with van der Waals surface area (Å²) in [6, 6.07) is 21.7. The Morgan fingerprint density at radius 2 is 1.67 bits per heavy atom. The molecule has 0 saturated heterocycles. The molecule has 21 heavy (non-hydrogen) atoms. The Morgan fingerprint density at radius 3 is 2.48 bits per heavy atom. The molecule has 0 aliphatic rings. The molecule has 0 nitrogen and oxygen atoms in total. The van der Waals surface area contributed by atoms with Crippen LogP contribution in [0.1, 0.15) is 29.2 Å². The summed E-state index contributed by atoms with van der Waals surface area (Å²) in [5.41, 5.74) is 6.54. The lowest BCUT2D eigenvalue weighted by atomic mass is 9.96. The highest BCUT2D eigenvalue weighted by Crippen LogP contribution is 2.25. The van der Waals surface area contributed by atoms with Crippen LogP contribution in [0.3, 0.4) is 0 Å². The molecule has 0 bridgehead atoms. The maximum Gasteiger partial charge on any atom is -0.0149 e. The molecule has 0 fully saturated rings. The second-order valence-corrected chi connectivity index (χ2v) is 5.70. The van der Waals surface area contributed by atoms with Gasteiger partial charge in [0.1, 0.15) is 0 Å². The Hall–Kier alpha value is -2.34. The number of hydrogen-bond acceptors (Lipinski definition) is 0. The molecule has 104 valence electrons. The Kier molecular flexibility index (Phi) is 3.62. The number of hydrogen-bond donors (Lipinski definition) is 0. The minimum atomic E-state index is 1.29. The molecule has 0 atom stereocenters. The molecule has 0 amide bonds. The van der Waals surface area contributed by atoms with Crippen LogP contribution >= 0.6 is 0 Å². The second-order valence-electron chi connectivity index (χ2n) is 5.70. The first-order valence-electron chi connectivity index (χ1n) is 7.39.